The average Bonchev–Trinajstić information content (AvgIpc) is 3.21. The van der Waals surface area contributed by atoms with Gasteiger partial charge in [0.05, 0.1) is 10.6 Å². The van der Waals surface area contributed by atoms with Gasteiger partial charge in [0.2, 0.25) is 5.95 Å². The molecule has 0 aliphatic heterocycles. The van der Waals surface area contributed by atoms with Gasteiger partial charge in [-0.3, -0.25) is 9.36 Å². The number of nitrogens with zero attached hydrogens (tertiary/aromatic N) is 4. The molecule has 9 nitrogen and oxygen atoms in total. The molecule has 0 saturated heterocycles. The molecule has 0 spiro atoms. The molecule has 0 aliphatic carbocycles. The van der Waals surface area contributed by atoms with Gasteiger partial charge in [-0.25, -0.2) is 28.1 Å². The van der Waals surface area contributed by atoms with Crippen LogP contribution >= 0.6 is 0 Å². The summed E-state index contributed by atoms with van der Waals surface area (Å²) in [7, 11) is -3.99. The van der Waals surface area contributed by atoms with Crippen LogP contribution in [-0.2, 0) is 10.0 Å². The maximum atomic E-state index is 13.1. The van der Waals surface area contributed by atoms with Crippen molar-refractivity contribution in [3.8, 4) is 17.1 Å². The van der Waals surface area contributed by atoms with Gasteiger partial charge in [-0.2, -0.15) is 0 Å². The molecule has 0 saturated carbocycles. The second-order valence-corrected chi connectivity index (χ2v) is 9.51. The second-order valence-electron chi connectivity index (χ2n) is 7.82. The normalized spacial score (nSPS) is 11.5. The predicted molar refractivity (Wildman–Crippen MR) is 133 cm³/mol. The Morgan fingerprint density at radius 2 is 1.49 bits per heavy atom. The van der Waals surface area contributed by atoms with Crippen molar-refractivity contribution in [1.82, 2.24) is 19.5 Å². The van der Waals surface area contributed by atoms with Crippen molar-refractivity contribution < 1.29 is 13.2 Å². The quantitative estimate of drug-likeness (QED) is 0.378. The first-order valence-electron chi connectivity index (χ1n) is 10.6. The van der Waals surface area contributed by atoms with Gasteiger partial charge in [0.15, 0.2) is 17.2 Å². The number of primary amides is 1. The van der Waals surface area contributed by atoms with Gasteiger partial charge in [-0.05, 0) is 31.2 Å². The molecule has 0 aliphatic rings. The Kier molecular flexibility index (Phi) is 5.50. The van der Waals surface area contributed by atoms with E-state index in [0.29, 0.717) is 11.3 Å². The van der Waals surface area contributed by atoms with Crippen molar-refractivity contribution in [2.24, 2.45) is 5.73 Å². The minimum absolute atomic E-state index is 0.0482. The van der Waals surface area contributed by atoms with E-state index in [2.05, 4.69) is 19.7 Å². The van der Waals surface area contributed by atoms with E-state index in [1.54, 1.807) is 42.5 Å². The molecule has 3 aromatic carbocycles. The van der Waals surface area contributed by atoms with Crippen molar-refractivity contribution in [3.05, 3.63) is 96.2 Å². The molecule has 0 radical (unpaired) electrons. The van der Waals surface area contributed by atoms with E-state index in [4.69, 9.17) is 5.73 Å². The number of sulfonamides is 1. The lowest BCUT2D eigenvalue weighted by atomic mass is 10.1. The Bertz CT molecular complexity index is 1650. The van der Waals surface area contributed by atoms with Crippen LogP contribution in [0, 0.1) is 6.92 Å². The molecule has 2 aromatic heterocycles. The lowest BCUT2D eigenvalue weighted by Crippen LogP contribution is -2.16. The number of para-hydroxylation sites is 1. The fourth-order valence-electron chi connectivity index (χ4n) is 3.63. The van der Waals surface area contributed by atoms with Gasteiger partial charge in [0.1, 0.15) is 5.52 Å². The molecule has 1 amide bonds. The van der Waals surface area contributed by atoms with E-state index < -0.39 is 15.9 Å². The summed E-state index contributed by atoms with van der Waals surface area (Å²) in [5.74, 6) is -0.588. The van der Waals surface area contributed by atoms with Gasteiger partial charge in [0, 0.05) is 5.56 Å². The van der Waals surface area contributed by atoms with Crippen molar-refractivity contribution in [1.29, 1.82) is 0 Å². The van der Waals surface area contributed by atoms with Crippen LogP contribution in [0.3, 0.4) is 0 Å². The smallest absolute Gasteiger partial charge is 0.269 e. The fraction of sp³-hybridized carbons (Fsp3) is 0.0400. The number of amides is 1. The first kappa shape index (κ1) is 22.2. The summed E-state index contributed by atoms with van der Waals surface area (Å²) in [5.41, 5.74) is 8.18. The van der Waals surface area contributed by atoms with Gasteiger partial charge in [-0.15, -0.1) is 0 Å². The number of benzene rings is 3. The Morgan fingerprint density at radius 1 is 0.857 bits per heavy atom. The topological polar surface area (TPSA) is 133 Å². The molecule has 0 atom stereocenters. The Balaban J connectivity index is 1.78. The number of aromatic nitrogens is 4. The number of fused-ring (bicyclic) bond motifs is 1. The van der Waals surface area contributed by atoms with Crippen molar-refractivity contribution in [3.63, 3.8) is 0 Å². The highest BCUT2D eigenvalue weighted by atomic mass is 32.2. The lowest BCUT2D eigenvalue weighted by molar-refractivity contribution is 0.0997. The zero-order chi connectivity index (χ0) is 24.6. The molecule has 5 rings (SSSR count). The molecule has 3 N–H and O–H groups in total. The van der Waals surface area contributed by atoms with E-state index in [1.807, 2.05) is 37.3 Å². The van der Waals surface area contributed by atoms with Crippen LogP contribution in [0.1, 0.15) is 16.1 Å². The molecule has 174 valence electrons. The summed E-state index contributed by atoms with van der Waals surface area (Å²) in [6.07, 6.45) is 0. The Morgan fingerprint density at radius 3 is 2.11 bits per heavy atom. The van der Waals surface area contributed by atoms with Gasteiger partial charge >= 0.3 is 0 Å². The van der Waals surface area contributed by atoms with Crippen molar-refractivity contribution in [2.45, 2.75) is 11.8 Å². The zero-order valence-corrected chi connectivity index (χ0v) is 19.4. The lowest BCUT2D eigenvalue weighted by Gasteiger charge is -2.11. The summed E-state index contributed by atoms with van der Waals surface area (Å²) in [6.45, 7) is 1.96. The highest BCUT2D eigenvalue weighted by Gasteiger charge is 2.25. The van der Waals surface area contributed by atoms with Gasteiger partial charge < -0.3 is 5.73 Å². The summed E-state index contributed by atoms with van der Waals surface area (Å²) in [5, 5.41) is 0. The monoisotopic (exact) mass is 484 g/mol. The third kappa shape index (κ3) is 4.22. The molecule has 0 fully saturated rings. The minimum atomic E-state index is -3.99. The molecule has 5 aromatic rings. The number of aryl methyl sites for hydroxylation is 1. The van der Waals surface area contributed by atoms with E-state index in [-0.39, 0.29) is 33.5 Å². The van der Waals surface area contributed by atoms with E-state index in [9.17, 15) is 13.2 Å². The minimum Gasteiger partial charge on any atom is -0.364 e. The van der Waals surface area contributed by atoms with E-state index in [1.165, 1.54) is 16.7 Å². The van der Waals surface area contributed by atoms with E-state index in [0.717, 1.165) is 5.56 Å². The number of hydrogen-bond acceptors (Lipinski definition) is 6. The highest BCUT2D eigenvalue weighted by molar-refractivity contribution is 7.92. The summed E-state index contributed by atoms with van der Waals surface area (Å²) < 4.78 is 30.3. The maximum Gasteiger partial charge on any atom is 0.269 e. The number of carbonyl (C=O) groups excluding carboxylic acids is 1. The third-order valence-electron chi connectivity index (χ3n) is 5.34. The maximum absolute atomic E-state index is 13.1. The molecular weight excluding hydrogens is 464 g/mol. The average molecular weight is 485 g/mol. The molecule has 35 heavy (non-hydrogen) atoms. The molecule has 2 heterocycles. The van der Waals surface area contributed by atoms with Gasteiger partial charge in [0.25, 0.3) is 15.9 Å². The number of nitrogens with one attached hydrogen (secondary N) is 1. The predicted octanol–water partition coefficient (Wildman–Crippen LogP) is 3.69. The zero-order valence-electron chi connectivity index (χ0n) is 18.6. The van der Waals surface area contributed by atoms with Crippen LogP contribution in [0.2, 0.25) is 0 Å². The van der Waals surface area contributed by atoms with E-state index >= 15 is 0 Å². The number of carbonyl (C=O) groups is 1. The largest absolute Gasteiger partial charge is 0.364 e. The highest BCUT2D eigenvalue weighted by Crippen LogP contribution is 2.29. The third-order valence-corrected chi connectivity index (χ3v) is 6.69. The first-order valence-corrected chi connectivity index (χ1v) is 12.1. The Labute approximate surface area is 201 Å². The molecule has 0 bridgehead atoms. The summed E-state index contributed by atoms with van der Waals surface area (Å²) in [4.78, 5) is 25.9. The number of anilines is 1. The van der Waals surface area contributed by atoms with Crippen molar-refractivity contribution in [2.75, 3.05) is 4.72 Å². The van der Waals surface area contributed by atoms with Crippen LogP contribution in [0.15, 0.2) is 89.8 Å². The van der Waals surface area contributed by atoms with Crippen LogP contribution in [0.5, 0.6) is 0 Å². The van der Waals surface area contributed by atoms with Gasteiger partial charge in [-0.1, -0.05) is 66.2 Å². The summed E-state index contributed by atoms with van der Waals surface area (Å²) >= 11 is 0. The van der Waals surface area contributed by atoms with Crippen molar-refractivity contribution >= 4 is 33.0 Å². The number of imidazole rings is 1. The van der Waals surface area contributed by atoms with Crippen LogP contribution in [0.25, 0.3) is 28.2 Å². The number of hydrogen-bond donors (Lipinski definition) is 2. The van der Waals surface area contributed by atoms with Crippen LogP contribution in [0.4, 0.5) is 5.95 Å². The SMILES string of the molecule is Cc1ccc(-c2nc(C(N)=O)c3nc(NS(=O)(=O)c4ccccc4)n(-c4ccccc4)c3n2)cc1. The first-order chi connectivity index (χ1) is 16.8. The molecule has 10 heteroatoms. The fourth-order valence-corrected chi connectivity index (χ4v) is 4.64. The molecular formula is C25H20N6O3S. The number of nitrogens with two attached hydrogens (primary N) is 1. The van der Waals surface area contributed by atoms with Crippen LogP contribution < -0.4 is 10.5 Å². The Hall–Kier alpha value is -4.57. The molecule has 0 unspecified atom stereocenters. The number of rotatable bonds is 6. The second kappa shape index (κ2) is 8.65. The summed E-state index contributed by atoms with van der Waals surface area (Å²) in [6, 6.07) is 24.4. The standard InChI is InChI=1S/C25H20N6O3S/c1-16-12-14-17(15-13-16)23-27-20(22(26)32)21-24(29-23)31(18-8-4-2-5-9-18)25(28-21)30-35(33,34)19-10-6-3-7-11-19/h2-15H,1H3,(H2,26,32)(H,28,30). The van der Waals surface area contributed by atoms with Crippen LogP contribution in [-0.4, -0.2) is 33.8 Å².